The van der Waals surface area contributed by atoms with E-state index in [1.54, 1.807) is 17.1 Å². The first-order valence-corrected chi connectivity index (χ1v) is 6.78. The summed E-state index contributed by atoms with van der Waals surface area (Å²) in [6.45, 7) is 1.38. The van der Waals surface area contributed by atoms with Crippen LogP contribution in [0.1, 0.15) is 0 Å². The van der Waals surface area contributed by atoms with Crippen LogP contribution in [0.2, 0.25) is 0 Å². The van der Waals surface area contributed by atoms with E-state index in [-0.39, 0.29) is 5.56 Å². The highest BCUT2D eigenvalue weighted by Crippen LogP contribution is 2.16. The van der Waals surface area contributed by atoms with Crippen LogP contribution >= 0.6 is 15.9 Å². The molecule has 0 fully saturated rings. The minimum Gasteiger partial charge on any atom is -0.336 e. The zero-order valence-electron chi connectivity index (χ0n) is 10.2. The third kappa shape index (κ3) is 2.46. The normalized spacial score (nSPS) is 11.0. The van der Waals surface area contributed by atoms with Gasteiger partial charge < -0.3 is 9.13 Å². The SMILES string of the molecule is O=c1c2ccc(Br)cc2ccn1CCn1ccnc1. The van der Waals surface area contributed by atoms with Crippen LogP contribution in [0, 0.1) is 0 Å². The predicted molar refractivity (Wildman–Crippen MR) is 78.1 cm³/mol. The average Bonchev–Trinajstić information content (AvgIpc) is 2.91. The first-order chi connectivity index (χ1) is 9.24. The standard InChI is InChI=1S/C14H12BrN3O/c15-12-1-2-13-11(9-12)3-5-18(14(13)19)8-7-17-6-4-16-10-17/h1-6,9-10H,7-8H2. The molecule has 0 saturated heterocycles. The summed E-state index contributed by atoms with van der Waals surface area (Å²) in [7, 11) is 0. The molecule has 5 heteroatoms. The second kappa shape index (κ2) is 5.01. The largest absolute Gasteiger partial charge is 0.336 e. The van der Waals surface area contributed by atoms with Gasteiger partial charge in [-0.25, -0.2) is 4.98 Å². The molecule has 0 aliphatic rings. The number of aromatic nitrogens is 3. The fourth-order valence-corrected chi connectivity index (χ4v) is 2.46. The maximum absolute atomic E-state index is 12.3. The van der Waals surface area contributed by atoms with Gasteiger partial charge in [0.25, 0.3) is 5.56 Å². The lowest BCUT2D eigenvalue weighted by molar-refractivity contribution is 0.567. The Morgan fingerprint density at radius 2 is 2.05 bits per heavy atom. The Bertz CT molecular complexity index is 762. The fourth-order valence-electron chi connectivity index (χ4n) is 2.08. The molecule has 1 aromatic carbocycles. The van der Waals surface area contributed by atoms with Crippen molar-refractivity contribution in [3.05, 3.63) is 64.0 Å². The molecule has 19 heavy (non-hydrogen) atoms. The van der Waals surface area contributed by atoms with E-state index in [1.807, 2.05) is 41.2 Å². The Balaban J connectivity index is 1.94. The quantitative estimate of drug-likeness (QED) is 0.745. The monoisotopic (exact) mass is 317 g/mol. The lowest BCUT2D eigenvalue weighted by Crippen LogP contribution is -2.21. The summed E-state index contributed by atoms with van der Waals surface area (Å²) in [6, 6.07) is 7.67. The highest BCUT2D eigenvalue weighted by Gasteiger charge is 2.03. The van der Waals surface area contributed by atoms with E-state index in [2.05, 4.69) is 20.9 Å². The molecule has 3 aromatic rings. The molecular formula is C14H12BrN3O. The summed E-state index contributed by atoms with van der Waals surface area (Å²) < 4.78 is 4.67. The van der Waals surface area contributed by atoms with Crippen LogP contribution in [0.5, 0.6) is 0 Å². The molecule has 0 atom stereocenters. The van der Waals surface area contributed by atoms with Crippen LogP contribution in [0.3, 0.4) is 0 Å². The number of nitrogens with zero attached hydrogens (tertiary/aromatic N) is 3. The molecule has 0 aliphatic carbocycles. The molecule has 0 unspecified atom stereocenters. The van der Waals surface area contributed by atoms with Crippen LogP contribution in [0.15, 0.2) is 58.5 Å². The molecule has 0 bridgehead atoms. The molecule has 96 valence electrons. The Labute approximate surface area is 118 Å². The van der Waals surface area contributed by atoms with Crippen LogP contribution in [0.4, 0.5) is 0 Å². The molecule has 4 nitrogen and oxygen atoms in total. The fraction of sp³-hybridized carbons (Fsp3) is 0.143. The molecule has 0 aliphatic heterocycles. The lowest BCUT2D eigenvalue weighted by atomic mass is 10.2. The van der Waals surface area contributed by atoms with Crippen molar-refractivity contribution in [2.75, 3.05) is 0 Å². The molecule has 0 spiro atoms. The maximum atomic E-state index is 12.3. The molecular weight excluding hydrogens is 306 g/mol. The predicted octanol–water partition coefficient (Wildman–Crippen LogP) is 2.66. The van der Waals surface area contributed by atoms with Crippen molar-refractivity contribution < 1.29 is 0 Å². The zero-order chi connectivity index (χ0) is 13.2. The summed E-state index contributed by atoms with van der Waals surface area (Å²) in [6.07, 6.45) is 7.22. The van der Waals surface area contributed by atoms with Gasteiger partial charge in [-0.05, 0) is 29.7 Å². The molecule has 3 rings (SSSR count). The van der Waals surface area contributed by atoms with E-state index in [4.69, 9.17) is 0 Å². The van der Waals surface area contributed by atoms with Gasteiger partial charge >= 0.3 is 0 Å². The van der Waals surface area contributed by atoms with Crippen molar-refractivity contribution in [2.24, 2.45) is 0 Å². The number of halogens is 1. The van der Waals surface area contributed by atoms with E-state index in [0.29, 0.717) is 6.54 Å². The number of aryl methyl sites for hydroxylation is 2. The number of imidazole rings is 1. The van der Waals surface area contributed by atoms with Crippen LogP contribution in [-0.4, -0.2) is 14.1 Å². The number of pyridine rings is 1. The Morgan fingerprint density at radius 1 is 1.16 bits per heavy atom. The summed E-state index contributed by atoms with van der Waals surface area (Å²) in [5.74, 6) is 0. The van der Waals surface area contributed by atoms with Crippen LogP contribution in [0.25, 0.3) is 10.8 Å². The highest BCUT2D eigenvalue weighted by atomic mass is 79.9. The summed E-state index contributed by atoms with van der Waals surface area (Å²) in [5, 5.41) is 1.70. The summed E-state index contributed by atoms with van der Waals surface area (Å²) >= 11 is 3.41. The number of benzene rings is 1. The van der Waals surface area contributed by atoms with Gasteiger partial charge in [0.05, 0.1) is 6.33 Å². The van der Waals surface area contributed by atoms with E-state index >= 15 is 0 Å². The lowest BCUT2D eigenvalue weighted by Gasteiger charge is -2.08. The molecule has 2 aromatic heterocycles. The van der Waals surface area contributed by atoms with Crippen molar-refractivity contribution in [3.8, 4) is 0 Å². The summed E-state index contributed by atoms with van der Waals surface area (Å²) in [4.78, 5) is 16.3. The van der Waals surface area contributed by atoms with Gasteiger partial charge in [0.15, 0.2) is 0 Å². The van der Waals surface area contributed by atoms with Crippen LogP contribution < -0.4 is 5.56 Å². The molecule has 0 N–H and O–H groups in total. The van der Waals surface area contributed by atoms with Crippen LogP contribution in [-0.2, 0) is 13.1 Å². The first kappa shape index (κ1) is 12.2. The van der Waals surface area contributed by atoms with Crippen molar-refractivity contribution in [3.63, 3.8) is 0 Å². The van der Waals surface area contributed by atoms with Gasteiger partial charge in [-0.3, -0.25) is 4.79 Å². The smallest absolute Gasteiger partial charge is 0.258 e. The Kier molecular flexibility index (Phi) is 3.21. The van der Waals surface area contributed by atoms with Gasteiger partial charge in [-0.15, -0.1) is 0 Å². The Hall–Kier alpha value is -1.88. The molecule has 0 radical (unpaired) electrons. The zero-order valence-corrected chi connectivity index (χ0v) is 11.7. The van der Waals surface area contributed by atoms with Crippen molar-refractivity contribution in [2.45, 2.75) is 13.1 Å². The molecule has 2 heterocycles. The third-order valence-electron chi connectivity index (χ3n) is 3.10. The molecule has 0 amide bonds. The van der Waals surface area contributed by atoms with Crippen molar-refractivity contribution in [1.82, 2.24) is 14.1 Å². The third-order valence-corrected chi connectivity index (χ3v) is 3.59. The van der Waals surface area contributed by atoms with Crippen molar-refractivity contribution >= 4 is 26.7 Å². The van der Waals surface area contributed by atoms with Gasteiger partial charge in [0.2, 0.25) is 0 Å². The summed E-state index contributed by atoms with van der Waals surface area (Å²) in [5.41, 5.74) is 0.0464. The number of hydrogen-bond donors (Lipinski definition) is 0. The van der Waals surface area contributed by atoms with E-state index < -0.39 is 0 Å². The van der Waals surface area contributed by atoms with Gasteiger partial charge in [-0.1, -0.05) is 15.9 Å². The van der Waals surface area contributed by atoms with Gasteiger partial charge in [0, 0.05) is 41.5 Å². The van der Waals surface area contributed by atoms with E-state index in [9.17, 15) is 4.79 Å². The van der Waals surface area contributed by atoms with E-state index in [1.165, 1.54) is 0 Å². The second-order valence-corrected chi connectivity index (χ2v) is 5.26. The Morgan fingerprint density at radius 3 is 2.84 bits per heavy atom. The second-order valence-electron chi connectivity index (χ2n) is 4.35. The number of fused-ring (bicyclic) bond motifs is 1. The molecule has 0 saturated carbocycles. The van der Waals surface area contributed by atoms with Gasteiger partial charge in [0.1, 0.15) is 0 Å². The first-order valence-electron chi connectivity index (χ1n) is 5.98. The van der Waals surface area contributed by atoms with Crippen molar-refractivity contribution in [1.29, 1.82) is 0 Å². The number of rotatable bonds is 3. The maximum Gasteiger partial charge on any atom is 0.258 e. The minimum absolute atomic E-state index is 0.0464. The van der Waals surface area contributed by atoms with E-state index in [0.717, 1.165) is 21.8 Å². The number of hydrogen-bond acceptors (Lipinski definition) is 2. The topological polar surface area (TPSA) is 39.8 Å². The average molecular weight is 318 g/mol. The highest BCUT2D eigenvalue weighted by molar-refractivity contribution is 9.10. The minimum atomic E-state index is 0.0464. The van der Waals surface area contributed by atoms with Gasteiger partial charge in [-0.2, -0.15) is 0 Å².